The average molecular weight is 325 g/mol. The van der Waals surface area contributed by atoms with E-state index in [-0.39, 0.29) is 5.54 Å². The van der Waals surface area contributed by atoms with Crippen molar-refractivity contribution in [2.45, 2.75) is 58.8 Å². The van der Waals surface area contributed by atoms with Crippen molar-refractivity contribution < 1.29 is 13.2 Å². The number of hydrogen-bond acceptors (Lipinski definition) is 2. The second-order valence-electron chi connectivity index (χ2n) is 7.65. The molecule has 0 unspecified atom stereocenters. The number of alkyl halides is 3. The SMILES string of the molecule is CC(C)(C)N=C1Nc2ccc(C(F)(F)F)cc2C1=NC(C)(C)C. The van der Waals surface area contributed by atoms with Gasteiger partial charge in [0.15, 0.2) is 5.84 Å². The van der Waals surface area contributed by atoms with Gasteiger partial charge < -0.3 is 5.32 Å². The van der Waals surface area contributed by atoms with E-state index >= 15 is 0 Å². The van der Waals surface area contributed by atoms with Crippen molar-refractivity contribution in [3.8, 4) is 0 Å². The molecule has 0 saturated carbocycles. The van der Waals surface area contributed by atoms with E-state index in [0.29, 0.717) is 22.8 Å². The molecule has 0 atom stereocenters. The first-order valence-electron chi connectivity index (χ1n) is 7.45. The molecule has 1 aliphatic rings. The molecule has 126 valence electrons. The van der Waals surface area contributed by atoms with Crippen molar-refractivity contribution in [1.82, 2.24) is 0 Å². The fraction of sp³-hybridized carbons (Fsp3) is 0.529. The number of halogens is 3. The monoisotopic (exact) mass is 325 g/mol. The third-order valence-corrected chi connectivity index (χ3v) is 2.97. The van der Waals surface area contributed by atoms with Crippen LogP contribution in [-0.4, -0.2) is 22.6 Å². The first-order valence-corrected chi connectivity index (χ1v) is 7.45. The maximum Gasteiger partial charge on any atom is 0.416 e. The summed E-state index contributed by atoms with van der Waals surface area (Å²) in [6.07, 6.45) is -4.38. The number of aliphatic imine (C=N–C) groups is 2. The molecule has 1 heterocycles. The Hall–Kier alpha value is -1.85. The van der Waals surface area contributed by atoms with Crippen LogP contribution in [0.2, 0.25) is 0 Å². The number of nitrogens with zero attached hydrogens (tertiary/aromatic N) is 2. The fourth-order valence-corrected chi connectivity index (χ4v) is 2.20. The Balaban J connectivity index is 2.63. The highest BCUT2D eigenvalue weighted by atomic mass is 19.4. The van der Waals surface area contributed by atoms with Crippen LogP contribution in [-0.2, 0) is 6.18 Å². The third-order valence-electron chi connectivity index (χ3n) is 2.97. The van der Waals surface area contributed by atoms with Crippen LogP contribution in [0.4, 0.5) is 18.9 Å². The second-order valence-corrected chi connectivity index (χ2v) is 7.65. The molecule has 1 N–H and O–H groups in total. The Morgan fingerprint density at radius 2 is 1.43 bits per heavy atom. The van der Waals surface area contributed by atoms with Gasteiger partial charge in [-0.05, 0) is 59.7 Å². The fourth-order valence-electron chi connectivity index (χ4n) is 2.20. The molecule has 0 bridgehead atoms. The number of fused-ring (bicyclic) bond motifs is 1. The maximum atomic E-state index is 13.0. The largest absolute Gasteiger partial charge is 0.416 e. The van der Waals surface area contributed by atoms with Gasteiger partial charge in [0, 0.05) is 11.3 Å². The highest BCUT2D eigenvalue weighted by molar-refractivity contribution is 6.56. The van der Waals surface area contributed by atoms with Gasteiger partial charge in [0.25, 0.3) is 0 Å². The quantitative estimate of drug-likeness (QED) is 0.722. The molecule has 1 aromatic rings. The molecule has 0 spiro atoms. The van der Waals surface area contributed by atoms with E-state index in [2.05, 4.69) is 15.3 Å². The molecule has 0 radical (unpaired) electrons. The minimum atomic E-state index is -4.38. The van der Waals surface area contributed by atoms with E-state index in [1.165, 1.54) is 6.07 Å². The lowest BCUT2D eigenvalue weighted by molar-refractivity contribution is -0.137. The zero-order valence-electron chi connectivity index (χ0n) is 14.3. The number of anilines is 1. The lowest BCUT2D eigenvalue weighted by Crippen LogP contribution is -2.25. The van der Waals surface area contributed by atoms with Crippen molar-refractivity contribution in [3.63, 3.8) is 0 Å². The average Bonchev–Trinajstić information content (AvgIpc) is 2.61. The molecule has 0 aromatic heterocycles. The molecule has 0 saturated heterocycles. The van der Waals surface area contributed by atoms with Gasteiger partial charge in [-0.25, -0.2) is 0 Å². The molecule has 23 heavy (non-hydrogen) atoms. The Labute approximate surface area is 134 Å². The van der Waals surface area contributed by atoms with Crippen LogP contribution >= 0.6 is 0 Å². The van der Waals surface area contributed by atoms with Crippen LogP contribution in [0.15, 0.2) is 28.2 Å². The Kier molecular flexibility index (Phi) is 4.07. The molecule has 2 rings (SSSR count). The molecule has 0 amide bonds. The van der Waals surface area contributed by atoms with Crippen LogP contribution < -0.4 is 5.32 Å². The predicted octanol–water partition coefficient (Wildman–Crippen LogP) is 4.92. The zero-order valence-corrected chi connectivity index (χ0v) is 14.3. The number of amidine groups is 1. The second kappa shape index (κ2) is 5.35. The van der Waals surface area contributed by atoms with Gasteiger partial charge >= 0.3 is 6.18 Å². The lowest BCUT2D eigenvalue weighted by atomic mass is 10.0. The highest BCUT2D eigenvalue weighted by Crippen LogP contribution is 2.35. The normalized spacial score (nSPS) is 19.2. The van der Waals surface area contributed by atoms with E-state index < -0.39 is 17.3 Å². The molecular weight excluding hydrogens is 303 g/mol. The maximum absolute atomic E-state index is 13.0. The van der Waals surface area contributed by atoms with Gasteiger partial charge in [-0.2, -0.15) is 13.2 Å². The molecule has 0 aliphatic carbocycles. The first kappa shape index (κ1) is 17.5. The number of nitrogens with one attached hydrogen (secondary N) is 1. The molecule has 3 nitrogen and oxygen atoms in total. The molecule has 1 aromatic carbocycles. The molecular formula is C17H22F3N3. The van der Waals surface area contributed by atoms with Crippen LogP contribution in [0, 0.1) is 0 Å². The van der Waals surface area contributed by atoms with E-state index in [1.54, 1.807) is 0 Å². The molecule has 6 heteroatoms. The Morgan fingerprint density at radius 3 is 1.91 bits per heavy atom. The van der Waals surface area contributed by atoms with Crippen molar-refractivity contribution in [1.29, 1.82) is 0 Å². The zero-order chi connectivity index (χ0) is 17.6. The minimum Gasteiger partial charge on any atom is -0.338 e. The van der Waals surface area contributed by atoms with E-state index in [9.17, 15) is 13.2 Å². The van der Waals surface area contributed by atoms with Crippen molar-refractivity contribution in [2.24, 2.45) is 9.98 Å². The van der Waals surface area contributed by atoms with Crippen molar-refractivity contribution >= 4 is 17.2 Å². The Morgan fingerprint density at radius 1 is 0.870 bits per heavy atom. The van der Waals surface area contributed by atoms with Crippen molar-refractivity contribution in [3.05, 3.63) is 29.3 Å². The van der Waals surface area contributed by atoms with Gasteiger partial charge in [0.05, 0.1) is 16.6 Å². The lowest BCUT2D eigenvalue weighted by Gasteiger charge is -2.17. The smallest absolute Gasteiger partial charge is 0.338 e. The summed E-state index contributed by atoms with van der Waals surface area (Å²) in [5, 5.41) is 3.09. The summed E-state index contributed by atoms with van der Waals surface area (Å²) in [5.41, 5.74) is 0.0495. The standard InChI is InChI=1S/C17H22F3N3/c1-15(2,3)22-13-11-9-10(17(18,19)20)7-8-12(11)21-14(13)23-16(4,5)6/h7-9H,1-6H3,(H,21,22,23). The van der Waals surface area contributed by atoms with Crippen LogP contribution in [0.3, 0.4) is 0 Å². The van der Waals surface area contributed by atoms with Gasteiger partial charge in [-0.1, -0.05) is 0 Å². The number of benzene rings is 1. The van der Waals surface area contributed by atoms with Gasteiger partial charge in [-0.15, -0.1) is 0 Å². The van der Waals surface area contributed by atoms with Gasteiger partial charge in [0.1, 0.15) is 5.71 Å². The third kappa shape index (κ3) is 4.33. The summed E-state index contributed by atoms with van der Waals surface area (Å²) in [4.78, 5) is 9.17. The molecule has 1 aliphatic heterocycles. The summed E-state index contributed by atoms with van der Waals surface area (Å²) < 4.78 is 39.0. The summed E-state index contributed by atoms with van der Waals surface area (Å²) in [6, 6.07) is 3.64. The number of rotatable bonds is 0. The van der Waals surface area contributed by atoms with Crippen molar-refractivity contribution in [2.75, 3.05) is 5.32 Å². The first-order chi connectivity index (χ1) is 10.3. The summed E-state index contributed by atoms with van der Waals surface area (Å²) >= 11 is 0. The topological polar surface area (TPSA) is 36.8 Å². The van der Waals surface area contributed by atoms with Crippen LogP contribution in [0.1, 0.15) is 52.7 Å². The Bertz CT molecular complexity index is 672. The molecule has 0 fully saturated rings. The minimum absolute atomic E-state index is 0.365. The van der Waals surface area contributed by atoms with E-state index in [1.807, 2.05) is 41.5 Å². The number of hydrogen-bond donors (Lipinski definition) is 1. The van der Waals surface area contributed by atoms with Gasteiger partial charge in [-0.3, -0.25) is 9.98 Å². The van der Waals surface area contributed by atoms with Crippen LogP contribution in [0.5, 0.6) is 0 Å². The predicted molar refractivity (Wildman–Crippen MR) is 88.5 cm³/mol. The van der Waals surface area contributed by atoms with Gasteiger partial charge in [0.2, 0.25) is 0 Å². The highest BCUT2D eigenvalue weighted by Gasteiger charge is 2.34. The summed E-state index contributed by atoms with van der Waals surface area (Å²) in [6.45, 7) is 11.5. The van der Waals surface area contributed by atoms with E-state index in [0.717, 1.165) is 12.1 Å². The summed E-state index contributed by atoms with van der Waals surface area (Å²) in [5.74, 6) is 0.516. The summed E-state index contributed by atoms with van der Waals surface area (Å²) in [7, 11) is 0. The van der Waals surface area contributed by atoms with Crippen LogP contribution in [0.25, 0.3) is 0 Å². The van der Waals surface area contributed by atoms with E-state index in [4.69, 9.17) is 0 Å².